The predicted octanol–water partition coefficient (Wildman–Crippen LogP) is 4.83. The Morgan fingerprint density at radius 3 is 2.64 bits per heavy atom. The summed E-state index contributed by atoms with van der Waals surface area (Å²) in [6.45, 7) is 1.64. The largest absolute Gasteiger partial charge is 0.495 e. The summed E-state index contributed by atoms with van der Waals surface area (Å²) in [6.07, 6.45) is 8.70. The minimum absolute atomic E-state index is 0.0615. The fourth-order valence-corrected chi connectivity index (χ4v) is 7.06. The molecule has 1 fully saturated rings. The Morgan fingerprint density at radius 2 is 1.85 bits per heavy atom. The van der Waals surface area contributed by atoms with Gasteiger partial charge in [-0.15, -0.1) is 11.3 Å². The Hall–Kier alpha value is -2.32. The first-order valence-electron chi connectivity index (χ1n) is 11.8. The molecule has 0 N–H and O–H groups in total. The highest BCUT2D eigenvalue weighted by molar-refractivity contribution is 7.99. The fraction of sp³-hybridized carbons (Fsp3) is 0.480. The van der Waals surface area contributed by atoms with E-state index in [1.807, 2.05) is 29.2 Å². The third-order valence-electron chi connectivity index (χ3n) is 6.57. The van der Waals surface area contributed by atoms with Crippen molar-refractivity contribution in [1.82, 2.24) is 14.5 Å². The van der Waals surface area contributed by atoms with Gasteiger partial charge in [-0.2, -0.15) is 0 Å². The van der Waals surface area contributed by atoms with E-state index in [2.05, 4.69) is 0 Å². The van der Waals surface area contributed by atoms with Crippen molar-refractivity contribution in [3.8, 4) is 11.4 Å². The normalized spacial score (nSPS) is 16.5. The minimum Gasteiger partial charge on any atom is -0.495 e. The summed E-state index contributed by atoms with van der Waals surface area (Å²) >= 11 is 3.00. The van der Waals surface area contributed by atoms with E-state index < -0.39 is 0 Å². The van der Waals surface area contributed by atoms with Crippen molar-refractivity contribution < 1.29 is 9.53 Å². The third-order valence-corrected chi connectivity index (χ3v) is 8.68. The van der Waals surface area contributed by atoms with Gasteiger partial charge in [0.1, 0.15) is 10.6 Å². The lowest BCUT2D eigenvalue weighted by Crippen LogP contribution is -2.33. The number of hydrogen-bond acceptors (Lipinski definition) is 6. The predicted molar refractivity (Wildman–Crippen MR) is 134 cm³/mol. The van der Waals surface area contributed by atoms with Crippen LogP contribution in [0.25, 0.3) is 15.9 Å². The average molecular weight is 484 g/mol. The van der Waals surface area contributed by atoms with E-state index in [-0.39, 0.29) is 17.2 Å². The van der Waals surface area contributed by atoms with Gasteiger partial charge in [0.25, 0.3) is 5.56 Å². The zero-order valence-corrected chi connectivity index (χ0v) is 20.6. The van der Waals surface area contributed by atoms with Crippen LogP contribution in [0.4, 0.5) is 0 Å². The van der Waals surface area contributed by atoms with E-state index >= 15 is 0 Å². The first kappa shape index (κ1) is 22.5. The molecule has 6 nitrogen and oxygen atoms in total. The van der Waals surface area contributed by atoms with Crippen LogP contribution in [-0.4, -0.2) is 46.3 Å². The molecule has 2 aliphatic rings. The Kier molecular flexibility index (Phi) is 6.74. The van der Waals surface area contributed by atoms with Crippen LogP contribution in [0.1, 0.15) is 49.0 Å². The van der Waals surface area contributed by atoms with Crippen LogP contribution < -0.4 is 10.3 Å². The number of likely N-dealkylation sites (tertiary alicyclic amines) is 1. The zero-order chi connectivity index (χ0) is 22.8. The molecule has 8 heteroatoms. The second kappa shape index (κ2) is 9.89. The number of hydrogen-bond donors (Lipinski definition) is 0. The molecular formula is C25H29N3O3S2. The number of carbonyl (C=O) groups excluding carboxylic acids is 1. The molecule has 2 aromatic heterocycles. The molecule has 3 heterocycles. The van der Waals surface area contributed by atoms with Crippen molar-refractivity contribution >= 4 is 39.2 Å². The lowest BCUT2D eigenvalue weighted by molar-refractivity contribution is -0.128. The Bertz CT molecular complexity index is 1230. The fourth-order valence-electron chi connectivity index (χ4n) is 4.85. The molecule has 0 saturated carbocycles. The summed E-state index contributed by atoms with van der Waals surface area (Å²) in [5, 5.41) is 1.29. The van der Waals surface area contributed by atoms with Crippen molar-refractivity contribution in [1.29, 1.82) is 0 Å². The van der Waals surface area contributed by atoms with Crippen LogP contribution in [-0.2, 0) is 17.6 Å². The van der Waals surface area contributed by atoms with Crippen LogP contribution >= 0.6 is 23.1 Å². The van der Waals surface area contributed by atoms with Gasteiger partial charge in [0, 0.05) is 18.0 Å². The maximum absolute atomic E-state index is 13.9. The molecule has 0 radical (unpaired) electrons. The number of ether oxygens (including phenoxy) is 1. The molecule has 1 aliphatic carbocycles. The highest BCUT2D eigenvalue weighted by Gasteiger charge is 2.25. The van der Waals surface area contributed by atoms with Crippen LogP contribution in [0.5, 0.6) is 5.75 Å². The third kappa shape index (κ3) is 4.43. The molecule has 1 aliphatic heterocycles. The number of amides is 1. The first-order valence-corrected chi connectivity index (χ1v) is 13.6. The molecule has 0 unspecified atom stereocenters. The van der Waals surface area contributed by atoms with Gasteiger partial charge in [0.05, 0.1) is 23.9 Å². The standard InChI is InChI=1S/C25H29N3O3S2/c1-31-19-12-6-5-11-18(19)28-24(30)22-17-10-4-7-13-20(17)33-23(22)26-25(28)32-16-21(29)27-14-8-2-3-9-15-27/h5-6,11-12H,2-4,7-10,13-16H2,1H3. The number of rotatable bonds is 5. The van der Waals surface area contributed by atoms with Crippen LogP contribution in [0, 0.1) is 0 Å². The average Bonchev–Trinajstić information content (AvgIpc) is 3.00. The maximum Gasteiger partial charge on any atom is 0.267 e. The van der Waals surface area contributed by atoms with E-state index in [4.69, 9.17) is 9.72 Å². The van der Waals surface area contributed by atoms with Crippen LogP contribution in [0.3, 0.4) is 0 Å². The number of thiophene rings is 1. The summed E-state index contributed by atoms with van der Waals surface area (Å²) in [4.78, 5) is 35.9. The van der Waals surface area contributed by atoms with Gasteiger partial charge < -0.3 is 9.64 Å². The summed E-state index contributed by atoms with van der Waals surface area (Å²) in [6, 6.07) is 7.52. The monoisotopic (exact) mass is 483 g/mol. The number of benzene rings is 1. The Labute approximate surface area is 202 Å². The summed E-state index contributed by atoms with van der Waals surface area (Å²) < 4.78 is 7.24. The topological polar surface area (TPSA) is 64.4 Å². The van der Waals surface area contributed by atoms with Gasteiger partial charge in [-0.3, -0.25) is 14.2 Å². The molecule has 33 heavy (non-hydrogen) atoms. The van der Waals surface area contributed by atoms with Gasteiger partial charge in [-0.25, -0.2) is 4.98 Å². The number of methoxy groups -OCH3 is 1. The lowest BCUT2D eigenvalue weighted by Gasteiger charge is -2.20. The van der Waals surface area contributed by atoms with E-state index in [0.717, 1.165) is 61.8 Å². The number of thioether (sulfide) groups is 1. The zero-order valence-electron chi connectivity index (χ0n) is 19.0. The van der Waals surface area contributed by atoms with Crippen molar-refractivity contribution in [3.05, 3.63) is 45.1 Å². The smallest absolute Gasteiger partial charge is 0.267 e. The van der Waals surface area contributed by atoms with Crippen molar-refractivity contribution in [2.45, 2.75) is 56.5 Å². The number of carbonyl (C=O) groups is 1. The Morgan fingerprint density at radius 1 is 1.09 bits per heavy atom. The van der Waals surface area contributed by atoms with Crippen LogP contribution in [0.2, 0.25) is 0 Å². The number of para-hydroxylation sites is 2. The molecule has 0 spiro atoms. The lowest BCUT2D eigenvalue weighted by atomic mass is 9.97. The van der Waals surface area contributed by atoms with E-state index in [1.165, 1.54) is 35.0 Å². The SMILES string of the molecule is COc1ccccc1-n1c(SCC(=O)N2CCCCCC2)nc2sc3c(c2c1=O)CCCC3. The summed E-state index contributed by atoms with van der Waals surface area (Å²) in [5.41, 5.74) is 1.77. The maximum atomic E-state index is 13.9. The van der Waals surface area contributed by atoms with Crippen LogP contribution in [0.15, 0.2) is 34.2 Å². The van der Waals surface area contributed by atoms with E-state index in [1.54, 1.807) is 23.0 Å². The van der Waals surface area contributed by atoms with E-state index in [9.17, 15) is 9.59 Å². The number of fused-ring (bicyclic) bond motifs is 3. The number of aromatic nitrogens is 2. The molecule has 1 aromatic carbocycles. The molecule has 3 aromatic rings. The molecule has 5 rings (SSSR count). The summed E-state index contributed by atoms with van der Waals surface area (Å²) in [5.74, 6) is 1.01. The second-order valence-electron chi connectivity index (χ2n) is 8.68. The van der Waals surface area contributed by atoms with Gasteiger partial charge in [-0.1, -0.05) is 36.7 Å². The summed E-state index contributed by atoms with van der Waals surface area (Å²) in [7, 11) is 1.61. The first-order chi connectivity index (χ1) is 16.2. The molecule has 1 amide bonds. The Balaban J connectivity index is 1.57. The van der Waals surface area contributed by atoms with Crippen molar-refractivity contribution in [2.75, 3.05) is 26.0 Å². The number of aryl methyl sites for hydroxylation is 2. The molecule has 0 bridgehead atoms. The van der Waals surface area contributed by atoms with Gasteiger partial charge in [-0.05, 0) is 56.2 Å². The highest BCUT2D eigenvalue weighted by atomic mass is 32.2. The van der Waals surface area contributed by atoms with Gasteiger partial charge in [0.2, 0.25) is 5.91 Å². The molecule has 0 atom stereocenters. The van der Waals surface area contributed by atoms with Crippen molar-refractivity contribution in [2.24, 2.45) is 0 Å². The highest BCUT2D eigenvalue weighted by Crippen LogP contribution is 2.36. The molecule has 1 saturated heterocycles. The van der Waals surface area contributed by atoms with E-state index in [0.29, 0.717) is 16.6 Å². The molecule has 174 valence electrons. The van der Waals surface area contributed by atoms with Gasteiger partial charge >= 0.3 is 0 Å². The number of nitrogens with zero attached hydrogens (tertiary/aromatic N) is 3. The quantitative estimate of drug-likeness (QED) is 0.384. The van der Waals surface area contributed by atoms with Crippen molar-refractivity contribution in [3.63, 3.8) is 0 Å². The minimum atomic E-state index is -0.0615. The van der Waals surface area contributed by atoms with Gasteiger partial charge in [0.15, 0.2) is 5.16 Å². The molecular weight excluding hydrogens is 454 g/mol. The second-order valence-corrected chi connectivity index (χ2v) is 10.7.